The van der Waals surface area contributed by atoms with Gasteiger partial charge in [0.1, 0.15) is 23.9 Å². The number of carboxylic acids is 1. The fraction of sp³-hybridized carbons (Fsp3) is 0.429. The molecule has 38 heavy (non-hydrogen) atoms. The van der Waals surface area contributed by atoms with Crippen molar-refractivity contribution in [3.05, 3.63) is 65.7 Å². The van der Waals surface area contributed by atoms with Crippen molar-refractivity contribution in [3.63, 3.8) is 0 Å². The smallest absolute Gasteiger partial charge is 0.326 e. The quantitative estimate of drug-likeness (QED) is 0.229. The molecule has 2 rings (SSSR count). The molecule has 2 aromatic carbocycles. The number of carboxylic acid groups (broad SMARTS) is 1. The summed E-state index contributed by atoms with van der Waals surface area (Å²) in [5.74, 6) is -3.65. The van der Waals surface area contributed by atoms with Crippen LogP contribution in [0.3, 0.4) is 0 Å². The molecule has 7 N–H and O–H groups in total. The minimum atomic E-state index is -1.17. The van der Waals surface area contributed by atoms with Gasteiger partial charge in [-0.3, -0.25) is 14.4 Å². The minimum Gasteiger partial charge on any atom is -0.508 e. The number of hydrogen-bond donors (Lipinski definition) is 6. The third-order valence-electron chi connectivity index (χ3n) is 6.12. The molecule has 0 saturated carbocycles. The summed E-state index contributed by atoms with van der Waals surface area (Å²) in [5.41, 5.74) is 7.65. The molecule has 4 atom stereocenters. The van der Waals surface area contributed by atoms with E-state index in [2.05, 4.69) is 16.0 Å². The summed E-state index contributed by atoms with van der Waals surface area (Å²) >= 11 is 0. The van der Waals surface area contributed by atoms with Crippen LogP contribution in [-0.2, 0) is 32.0 Å². The maximum atomic E-state index is 13.4. The topological polar surface area (TPSA) is 171 Å². The lowest BCUT2D eigenvalue weighted by Crippen LogP contribution is -2.59. The predicted molar refractivity (Wildman–Crippen MR) is 143 cm³/mol. The largest absolute Gasteiger partial charge is 0.508 e. The van der Waals surface area contributed by atoms with Gasteiger partial charge >= 0.3 is 5.97 Å². The summed E-state index contributed by atoms with van der Waals surface area (Å²) in [6.07, 6.45) is 0.342. The molecule has 0 fully saturated rings. The Bertz CT molecular complexity index is 1090. The molecule has 2 aromatic rings. The molecular formula is C28H38N4O6. The summed E-state index contributed by atoms with van der Waals surface area (Å²) in [7, 11) is 0. The van der Waals surface area contributed by atoms with Gasteiger partial charge in [-0.25, -0.2) is 4.79 Å². The lowest BCUT2D eigenvalue weighted by atomic mass is 9.98. The Morgan fingerprint density at radius 2 is 1.24 bits per heavy atom. The molecule has 0 aliphatic rings. The molecule has 0 saturated heterocycles. The van der Waals surface area contributed by atoms with E-state index in [4.69, 9.17) is 5.73 Å². The molecule has 10 heteroatoms. The second-order valence-corrected chi connectivity index (χ2v) is 10.0. The van der Waals surface area contributed by atoms with Gasteiger partial charge < -0.3 is 31.9 Å². The first-order valence-electron chi connectivity index (χ1n) is 12.6. The summed E-state index contributed by atoms with van der Waals surface area (Å²) < 4.78 is 0. The SMILES string of the molecule is CC(C)C(NC(=O)C(NC(=O)C(Cc1ccc(O)cc1)NC(=O)C(N)Cc1ccccc1)C(C)C)C(=O)O. The van der Waals surface area contributed by atoms with E-state index in [0.717, 1.165) is 5.56 Å². The molecule has 0 bridgehead atoms. The third-order valence-corrected chi connectivity index (χ3v) is 6.12. The van der Waals surface area contributed by atoms with E-state index in [1.165, 1.54) is 12.1 Å². The number of hydrogen-bond acceptors (Lipinski definition) is 6. The van der Waals surface area contributed by atoms with Crippen molar-refractivity contribution in [2.24, 2.45) is 17.6 Å². The highest BCUT2D eigenvalue weighted by Crippen LogP contribution is 2.13. The molecule has 0 radical (unpaired) electrons. The monoisotopic (exact) mass is 526 g/mol. The van der Waals surface area contributed by atoms with Gasteiger partial charge in [0.05, 0.1) is 6.04 Å². The third kappa shape index (κ3) is 9.19. The molecule has 206 valence electrons. The Hall–Kier alpha value is -3.92. The Kier molecular flexibility index (Phi) is 11.3. The van der Waals surface area contributed by atoms with Gasteiger partial charge in [0, 0.05) is 6.42 Å². The average molecular weight is 527 g/mol. The summed E-state index contributed by atoms with van der Waals surface area (Å²) in [5, 5.41) is 26.9. The van der Waals surface area contributed by atoms with Gasteiger partial charge in [-0.15, -0.1) is 0 Å². The molecule has 0 aromatic heterocycles. The number of phenols is 1. The zero-order valence-corrected chi connectivity index (χ0v) is 22.2. The zero-order chi connectivity index (χ0) is 28.4. The van der Waals surface area contributed by atoms with Crippen molar-refractivity contribution in [1.29, 1.82) is 0 Å². The number of nitrogens with two attached hydrogens (primary N) is 1. The number of amides is 3. The van der Waals surface area contributed by atoms with Crippen LogP contribution >= 0.6 is 0 Å². The van der Waals surface area contributed by atoms with E-state index in [1.54, 1.807) is 39.8 Å². The number of rotatable bonds is 13. The maximum Gasteiger partial charge on any atom is 0.326 e. The highest BCUT2D eigenvalue weighted by atomic mass is 16.4. The van der Waals surface area contributed by atoms with Gasteiger partial charge in [0.2, 0.25) is 17.7 Å². The van der Waals surface area contributed by atoms with Crippen molar-refractivity contribution >= 4 is 23.7 Å². The number of aromatic hydroxyl groups is 1. The predicted octanol–water partition coefficient (Wildman–Crippen LogP) is 1.36. The molecule has 0 aliphatic carbocycles. The number of aliphatic carboxylic acids is 1. The number of carbonyl (C=O) groups is 4. The Morgan fingerprint density at radius 3 is 1.76 bits per heavy atom. The van der Waals surface area contributed by atoms with Crippen LogP contribution in [0.15, 0.2) is 54.6 Å². The van der Waals surface area contributed by atoms with E-state index in [0.29, 0.717) is 5.56 Å². The molecule has 3 amide bonds. The van der Waals surface area contributed by atoms with Crippen molar-refractivity contribution in [1.82, 2.24) is 16.0 Å². The van der Waals surface area contributed by atoms with Gasteiger partial charge in [-0.05, 0) is 41.5 Å². The molecule has 0 heterocycles. The van der Waals surface area contributed by atoms with Gasteiger partial charge in [-0.2, -0.15) is 0 Å². The van der Waals surface area contributed by atoms with Crippen molar-refractivity contribution < 1.29 is 29.4 Å². The molecule has 0 aliphatic heterocycles. The fourth-order valence-corrected chi connectivity index (χ4v) is 3.86. The standard InChI is InChI=1S/C28H38N4O6/c1-16(2)23(27(36)32-24(17(3)4)28(37)38)31-26(35)22(15-19-10-12-20(33)13-11-19)30-25(34)21(29)14-18-8-6-5-7-9-18/h5-13,16-17,21-24,33H,14-15,29H2,1-4H3,(H,30,34)(H,31,35)(H,32,36)(H,37,38). The number of carbonyl (C=O) groups excluding carboxylic acids is 3. The van der Waals surface area contributed by atoms with Gasteiger partial charge in [0.15, 0.2) is 0 Å². The Labute approximate surface area is 223 Å². The second-order valence-electron chi connectivity index (χ2n) is 10.0. The van der Waals surface area contributed by atoms with Gasteiger partial charge in [0.25, 0.3) is 0 Å². The van der Waals surface area contributed by atoms with Crippen molar-refractivity contribution in [2.45, 2.75) is 64.7 Å². The highest BCUT2D eigenvalue weighted by molar-refractivity contribution is 5.94. The van der Waals surface area contributed by atoms with E-state index in [-0.39, 0.29) is 30.4 Å². The minimum absolute atomic E-state index is 0.0540. The first kappa shape index (κ1) is 30.3. The van der Waals surface area contributed by atoms with E-state index in [9.17, 15) is 29.4 Å². The first-order chi connectivity index (χ1) is 17.9. The molecule has 10 nitrogen and oxygen atoms in total. The van der Waals surface area contributed by atoms with E-state index >= 15 is 0 Å². The van der Waals surface area contributed by atoms with Crippen LogP contribution in [-0.4, -0.2) is 58.1 Å². The van der Waals surface area contributed by atoms with Crippen LogP contribution in [0.4, 0.5) is 0 Å². The number of nitrogens with one attached hydrogen (secondary N) is 3. The van der Waals surface area contributed by atoms with E-state index in [1.807, 2.05) is 30.3 Å². The lowest BCUT2D eigenvalue weighted by Gasteiger charge is -2.28. The number of benzene rings is 2. The lowest BCUT2D eigenvalue weighted by molar-refractivity contribution is -0.143. The average Bonchev–Trinajstić information content (AvgIpc) is 2.86. The maximum absolute atomic E-state index is 13.4. The van der Waals surface area contributed by atoms with Crippen LogP contribution in [0.1, 0.15) is 38.8 Å². The highest BCUT2D eigenvalue weighted by Gasteiger charge is 2.33. The van der Waals surface area contributed by atoms with Crippen molar-refractivity contribution in [2.75, 3.05) is 0 Å². The number of phenolic OH excluding ortho intramolecular Hbond substituents is 1. The molecular weight excluding hydrogens is 488 g/mol. The first-order valence-corrected chi connectivity index (χ1v) is 12.6. The summed E-state index contributed by atoms with van der Waals surface area (Å²) in [6, 6.07) is 11.3. The van der Waals surface area contributed by atoms with Crippen LogP contribution in [0, 0.1) is 11.8 Å². The molecule has 4 unspecified atom stereocenters. The Balaban J connectivity index is 2.22. The second kappa shape index (κ2) is 14.1. The summed E-state index contributed by atoms with van der Waals surface area (Å²) in [4.78, 5) is 50.9. The zero-order valence-electron chi connectivity index (χ0n) is 22.2. The summed E-state index contributed by atoms with van der Waals surface area (Å²) in [6.45, 7) is 6.78. The Morgan fingerprint density at radius 1 is 0.711 bits per heavy atom. The van der Waals surface area contributed by atoms with Crippen molar-refractivity contribution in [3.8, 4) is 5.75 Å². The molecule has 0 spiro atoms. The van der Waals surface area contributed by atoms with Crippen LogP contribution in [0.25, 0.3) is 0 Å². The van der Waals surface area contributed by atoms with E-state index < -0.39 is 47.9 Å². The van der Waals surface area contributed by atoms with Gasteiger partial charge in [-0.1, -0.05) is 70.2 Å². The fourth-order valence-electron chi connectivity index (χ4n) is 3.86. The van der Waals surface area contributed by atoms with Crippen LogP contribution < -0.4 is 21.7 Å². The van der Waals surface area contributed by atoms with Crippen LogP contribution in [0.5, 0.6) is 5.75 Å². The normalized spacial score (nSPS) is 14.3. The van der Waals surface area contributed by atoms with Crippen LogP contribution in [0.2, 0.25) is 0 Å².